The minimum absolute atomic E-state index is 0.135. The average Bonchev–Trinajstić information content (AvgIpc) is 2.92. The quantitative estimate of drug-likeness (QED) is 0.118. The van der Waals surface area contributed by atoms with E-state index in [1.807, 2.05) is 52.0 Å². The minimum Gasteiger partial charge on any atom is -0.494 e. The zero-order valence-electron chi connectivity index (χ0n) is 29.5. The summed E-state index contributed by atoms with van der Waals surface area (Å²) in [6, 6.07) is 5.74. The van der Waals surface area contributed by atoms with Crippen LogP contribution in [0.3, 0.4) is 0 Å². The second kappa shape index (κ2) is 20.0. The van der Waals surface area contributed by atoms with E-state index in [1.54, 1.807) is 27.7 Å². The fraction of sp³-hybridized carbons (Fsp3) is 0.714. The molecule has 4 atom stereocenters. The summed E-state index contributed by atoms with van der Waals surface area (Å²) < 4.78 is 16.5. The highest BCUT2D eigenvalue weighted by molar-refractivity contribution is 5.85. The molecular weight excluding hydrogens is 590 g/mol. The number of alkyl carbamates (subject to hydrolysis) is 1. The van der Waals surface area contributed by atoms with Crippen LogP contribution in [0.15, 0.2) is 24.3 Å². The van der Waals surface area contributed by atoms with Crippen molar-refractivity contribution in [1.29, 1.82) is 0 Å². The van der Waals surface area contributed by atoms with Gasteiger partial charge in [0, 0.05) is 18.9 Å². The van der Waals surface area contributed by atoms with Crippen molar-refractivity contribution in [3.8, 4) is 5.75 Å². The predicted molar refractivity (Wildman–Crippen MR) is 178 cm³/mol. The van der Waals surface area contributed by atoms with E-state index in [9.17, 15) is 24.3 Å². The standard InChI is InChI=1S/C35H59N3O8/c1-10-11-19-36-31(41)24(2)21-29(39)28(38-32(42)25(3)37-33(43)46-35(7,8)9)23-26-16-15-17-27(22-26)44-20-14-12-13-18-30(40)45-34(4,5)6/h15-17,22,24-25,28-29,39H,10-14,18-21,23H2,1-9H3,(H,36,41)(H,37,43)(H,38,42)/t24-,25+,28+,29+/m1/s1. The molecule has 11 nitrogen and oxygen atoms in total. The van der Waals surface area contributed by atoms with Gasteiger partial charge in [-0.25, -0.2) is 4.79 Å². The number of carbonyl (C=O) groups excluding carboxylic acids is 4. The van der Waals surface area contributed by atoms with Crippen LogP contribution in [0.5, 0.6) is 5.75 Å². The first kappa shape index (κ1) is 40.7. The highest BCUT2D eigenvalue weighted by atomic mass is 16.6. The molecule has 46 heavy (non-hydrogen) atoms. The number of esters is 1. The summed E-state index contributed by atoms with van der Waals surface area (Å²) in [5, 5.41) is 19.5. The molecule has 0 aromatic heterocycles. The third-order valence-corrected chi connectivity index (χ3v) is 6.86. The number of nitrogens with one attached hydrogen (secondary N) is 3. The van der Waals surface area contributed by atoms with E-state index in [-0.39, 0.29) is 24.7 Å². The Hall–Kier alpha value is -3.34. The molecule has 11 heteroatoms. The van der Waals surface area contributed by atoms with E-state index in [2.05, 4.69) is 16.0 Å². The zero-order chi connectivity index (χ0) is 34.9. The van der Waals surface area contributed by atoms with Gasteiger partial charge >= 0.3 is 12.1 Å². The summed E-state index contributed by atoms with van der Waals surface area (Å²) in [5.41, 5.74) is -0.390. The smallest absolute Gasteiger partial charge is 0.408 e. The van der Waals surface area contributed by atoms with Crippen LogP contribution in [0, 0.1) is 5.92 Å². The maximum Gasteiger partial charge on any atom is 0.408 e. The van der Waals surface area contributed by atoms with Gasteiger partial charge in [0.25, 0.3) is 0 Å². The lowest BCUT2D eigenvalue weighted by molar-refractivity contribution is -0.155. The Bertz CT molecular complexity index is 1100. The van der Waals surface area contributed by atoms with E-state index in [0.29, 0.717) is 31.7 Å². The van der Waals surface area contributed by atoms with E-state index in [0.717, 1.165) is 31.2 Å². The molecular formula is C35H59N3O8. The van der Waals surface area contributed by atoms with Crippen molar-refractivity contribution >= 4 is 23.9 Å². The summed E-state index contributed by atoms with van der Waals surface area (Å²) in [6.07, 6.45) is 3.13. The first-order valence-electron chi connectivity index (χ1n) is 16.6. The van der Waals surface area contributed by atoms with Crippen LogP contribution in [0.2, 0.25) is 0 Å². The van der Waals surface area contributed by atoms with Crippen LogP contribution >= 0.6 is 0 Å². The van der Waals surface area contributed by atoms with Crippen molar-refractivity contribution in [2.24, 2.45) is 5.92 Å². The normalized spacial score (nSPS) is 14.3. The molecule has 3 amide bonds. The van der Waals surface area contributed by atoms with Crippen LogP contribution in [0.1, 0.15) is 113 Å². The highest BCUT2D eigenvalue weighted by Gasteiger charge is 2.29. The number of aliphatic hydroxyl groups is 1. The van der Waals surface area contributed by atoms with Crippen molar-refractivity contribution in [2.45, 2.75) is 143 Å². The molecule has 0 saturated carbocycles. The zero-order valence-corrected chi connectivity index (χ0v) is 29.5. The van der Waals surface area contributed by atoms with Crippen molar-refractivity contribution in [1.82, 2.24) is 16.0 Å². The van der Waals surface area contributed by atoms with Gasteiger partial charge in [-0.05, 0) is 105 Å². The topological polar surface area (TPSA) is 152 Å². The number of amides is 3. The highest BCUT2D eigenvalue weighted by Crippen LogP contribution is 2.19. The summed E-state index contributed by atoms with van der Waals surface area (Å²) in [5.74, 6) is -0.680. The number of unbranched alkanes of at least 4 members (excludes halogenated alkanes) is 3. The summed E-state index contributed by atoms with van der Waals surface area (Å²) >= 11 is 0. The summed E-state index contributed by atoms with van der Waals surface area (Å²) in [7, 11) is 0. The molecule has 1 rings (SSSR count). The van der Waals surface area contributed by atoms with Gasteiger partial charge in [-0.3, -0.25) is 14.4 Å². The molecule has 0 fully saturated rings. The number of aliphatic hydroxyl groups excluding tert-OH is 1. The SMILES string of the molecule is CCCCNC(=O)[C@H](C)C[C@H](O)[C@H](Cc1cccc(OCCCCCC(=O)OC(C)(C)C)c1)NC(=O)[C@H](C)NC(=O)OC(C)(C)C. The molecule has 0 radical (unpaired) electrons. The molecule has 0 heterocycles. The predicted octanol–water partition coefficient (Wildman–Crippen LogP) is 5.21. The van der Waals surface area contributed by atoms with Gasteiger partial charge in [-0.1, -0.05) is 32.4 Å². The Labute approximate surface area is 275 Å². The Morgan fingerprint density at radius 3 is 2.17 bits per heavy atom. The van der Waals surface area contributed by atoms with E-state index >= 15 is 0 Å². The first-order chi connectivity index (χ1) is 21.4. The Morgan fingerprint density at radius 1 is 0.870 bits per heavy atom. The number of hydrogen-bond donors (Lipinski definition) is 4. The minimum atomic E-state index is -1.04. The lowest BCUT2D eigenvalue weighted by Gasteiger charge is -2.28. The van der Waals surface area contributed by atoms with Crippen LogP contribution in [-0.4, -0.2) is 71.5 Å². The van der Waals surface area contributed by atoms with Gasteiger partial charge in [-0.2, -0.15) is 0 Å². The molecule has 0 aliphatic carbocycles. The molecule has 0 unspecified atom stereocenters. The van der Waals surface area contributed by atoms with Crippen LogP contribution in [0.25, 0.3) is 0 Å². The number of carbonyl (C=O) groups is 4. The van der Waals surface area contributed by atoms with Crippen LogP contribution in [-0.2, 0) is 30.3 Å². The van der Waals surface area contributed by atoms with Crippen molar-refractivity contribution in [3.05, 3.63) is 29.8 Å². The number of hydrogen-bond acceptors (Lipinski definition) is 8. The molecule has 0 saturated heterocycles. The molecule has 0 aliphatic rings. The van der Waals surface area contributed by atoms with Crippen LogP contribution < -0.4 is 20.7 Å². The first-order valence-corrected chi connectivity index (χ1v) is 16.6. The molecule has 4 N–H and O–H groups in total. The van der Waals surface area contributed by atoms with Crippen molar-refractivity contribution in [3.63, 3.8) is 0 Å². The fourth-order valence-electron chi connectivity index (χ4n) is 4.48. The monoisotopic (exact) mass is 649 g/mol. The molecule has 0 aliphatic heterocycles. The molecule has 0 spiro atoms. The largest absolute Gasteiger partial charge is 0.494 e. The number of rotatable bonds is 19. The second-order valence-corrected chi connectivity index (χ2v) is 13.9. The van der Waals surface area contributed by atoms with Gasteiger partial charge in [-0.15, -0.1) is 0 Å². The Kier molecular flexibility index (Phi) is 17.7. The Morgan fingerprint density at radius 2 is 1.54 bits per heavy atom. The maximum atomic E-state index is 13.1. The van der Waals surface area contributed by atoms with E-state index in [1.165, 1.54) is 6.92 Å². The fourth-order valence-corrected chi connectivity index (χ4v) is 4.48. The molecule has 0 bridgehead atoms. The van der Waals surface area contributed by atoms with Crippen molar-refractivity contribution in [2.75, 3.05) is 13.2 Å². The maximum absolute atomic E-state index is 13.1. The second-order valence-electron chi connectivity index (χ2n) is 13.9. The van der Waals surface area contributed by atoms with Gasteiger partial charge in [0.2, 0.25) is 11.8 Å². The van der Waals surface area contributed by atoms with Gasteiger partial charge in [0.15, 0.2) is 0 Å². The van der Waals surface area contributed by atoms with Crippen molar-refractivity contribution < 1.29 is 38.5 Å². The average molecular weight is 650 g/mol. The summed E-state index contributed by atoms with van der Waals surface area (Å²) in [4.78, 5) is 49.8. The third kappa shape index (κ3) is 18.6. The van der Waals surface area contributed by atoms with E-state index < -0.39 is 47.3 Å². The Balaban J connectivity index is 2.86. The van der Waals surface area contributed by atoms with Gasteiger partial charge < -0.3 is 35.3 Å². The molecule has 1 aromatic carbocycles. The van der Waals surface area contributed by atoms with E-state index in [4.69, 9.17) is 14.2 Å². The molecule has 1 aromatic rings. The molecule has 262 valence electrons. The lowest BCUT2D eigenvalue weighted by atomic mass is 9.93. The van der Waals surface area contributed by atoms with Gasteiger partial charge in [0.1, 0.15) is 23.0 Å². The van der Waals surface area contributed by atoms with Gasteiger partial charge in [0.05, 0.1) is 18.8 Å². The number of benzene rings is 1. The third-order valence-electron chi connectivity index (χ3n) is 6.86. The summed E-state index contributed by atoms with van der Waals surface area (Å²) in [6.45, 7) is 17.1. The number of ether oxygens (including phenoxy) is 3. The lowest BCUT2D eigenvalue weighted by Crippen LogP contribution is -2.53. The van der Waals surface area contributed by atoms with Crippen LogP contribution in [0.4, 0.5) is 4.79 Å².